The number of rotatable bonds is 5. The molecule has 7 atom stereocenters. The molecule has 4 heteroatoms. The van der Waals surface area contributed by atoms with Gasteiger partial charge in [0.15, 0.2) is 0 Å². The van der Waals surface area contributed by atoms with Crippen molar-refractivity contribution in [3.05, 3.63) is 23.3 Å². The Balaban J connectivity index is 1.59. The highest BCUT2D eigenvalue weighted by Gasteiger charge is 2.65. The number of carboxylic acids is 1. The predicted molar refractivity (Wildman–Crippen MR) is 138 cm³/mol. The van der Waals surface area contributed by atoms with Gasteiger partial charge in [-0.25, -0.2) is 4.79 Å². The van der Waals surface area contributed by atoms with Gasteiger partial charge >= 0.3 is 5.97 Å². The van der Waals surface area contributed by atoms with Crippen LogP contribution in [0.4, 0.5) is 0 Å². The minimum atomic E-state index is -0.800. The van der Waals surface area contributed by atoms with E-state index in [2.05, 4.69) is 52.8 Å². The lowest BCUT2D eigenvalue weighted by atomic mass is 9.41. The molecule has 0 spiro atoms. The van der Waals surface area contributed by atoms with E-state index in [4.69, 9.17) is 5.11 Å². The maximum Gasteiger partial charge on any atom is 0.330 e. The van der Waals surface area contributed by atoms with Crippen LogP contribution >= 0.6 is 0 Å². The van der Waals surface area contributed by atoms with Crippen molar-refractivity contribution in [1.82, 2.24) is 0 Å². The smallest absolute Gasteiger partial charge is 0.330 e. The topological polar surface area (TPSA) is 69.9 Å². The fourth-order valence-corrected chi connectivity index (χ4v) is 9.51. The molecule has 4 nitrogen and oxygen atoms in total. The van der Waals surface area contributed by atoms with Crippen LogP contribution in [0, 0.1) is 45.3 Å². The maximum absolute atomic E-state index is 11.2. The third-order valence-corrected chi connectivity index (χ3v) is 11.9. The van der Waals surface area contributed by atoms with E-state index in [0.717, 1.165) is 37.8 Å². The fraction of sp³-hybridized carbons (Fsp3) is 0.800. The zero-order valence-corrected chi connectivity index (χ0v) is 22.6. The Hall–Kier alpha value is -1.58. The highest BCUT2D eigenvalue weighted by atomic mass is 16.4. The Morgan fingerprint density at radius 3 is 2.53 bits per heavy atom. The molecule has 0 aromatic rings. The lowest BCUT2D eigenvalue weighted by Gasteiger charge is -2.63. The first-order valence-corrected chi connectivity index (χ1v) is 13.6. The number of carbonyl (C=O) groups is 1. The van der Waals surface area contributed by atoms with E-state index >= 15 is 0 Å². The van der Waals surface area contributed by atoms with Crippen molar-refractivity contribution < 1.29 is 15.1 Å². The third-order valence-electron chi connectivity index (χ3n) is 11.9. The lowest BCUT2D eigenvalue weighted by molar-refractivity contribution is -0.132. The molecule has 0 aromatic carbocycles. The molecule has 4 aliphatic carbocycles. The normalized spacial score (nSPS) is 43.5. The lowest BCUT2D eigenvalue weighted by Crippen LogP contribution is -2.57. The van der Waals surface area contributed by atoms with E-state index in [-0.39, 0.29) is 16.2 Å². The van der Waals surface area contributed by atoms with Crippen LogP contribution in [0.25, 0.3) is 0 Å². The highest BCUT2D eigenvalue weighted by molar-refractivity contribution is 5.90. The number of hydrogen-bond acceptors (Lipinski definition) is 3. The number of carboxylic acid groups (broad SMARTS) is 1. The van der Waals surface area contributed by atoms with E-state index < -0.39 is 5.97 Å². The van der Waals surface area contributed by atoms with Gasteiger partial charge in [0.05, 0.1) is 5.71 Å². The summed E-state index contributed by atoms with van der Waals surface area (Å²) in [6.07, 6.45) is 14.7. The number of fused-ring (bicyclic) bond motifs is 5. The SMILES string of the molecule is C/C(=C/CC[C@H](C)[C@H]1CC[C@]2(C)C3=CC[C@H]4C(C)(C)/C(=N/O)CC[C@]4(C)[C@H]3CC[C@@]12C)C(=O)O. The van der Waals surface area contributed by atoms with Crippen molar-refractivity contribution >= 4 is 11.7 Å². The van der Waals surface area contributed by atoms with E-state index in [9.17, 15) is 10.0 Å². The monoisotopic (exact) mass is 469 g/mol. The van der Waals surface area contributed by atoms with Gasteiger partial charge in [-0.05, 0) is 105 Å². The number of aliphatic carboxylic acids is 1. The Labute approximate surface area is 207 Å². The zero-order chi connectivity index (χ0) is 25.1. The van der Waals surface area contributed by atoms with Crippen molar-refractivity contribution in [3.63, 3.8) is 0 Å². The first-order chi connectivity index (χ1) is 15.8. The molecule has 0 amide bonds. The maximum atomic E-state index is 11.2. The first kappa shape index (κ1) is 25.5. The van der Waals surface area contributed by atoms with Gasteiger partial charge < -0.3 is 10.3 Å². The summed E-state index contributed by atoms with van der Waals surface area (Å²) in [5.74, 6) is 1.66. The summed E-state index contributed by atoms with van der Waals surface area (Å²) >= 11 is 0. The van der Waals surface area contributed by atoms with Crippen LogP contribution in [0.1, 0.15) is 106 Å². The molecule has 0 radical (unpaired) electrons. The van der Waals surface area contributed by atoms with E-state index in [1.807, 2.05) is 6.08 Å². The summed E-state index contributed by atoms with van der Waals surface area (Å²) in [5.41, 5.74) is 3.98. The summed E-state index contributed by atoms with van der Waals surface area (Å²) in [4.78, 5) is 11.2. The minimum absolute atomic E-state index is 0.0558. The number of nitrogens with zero attached hydrogens (tertiary/aromatic N) is 1. The average Bonchev–Trinajstić information content (AvgIpc) is 3.04. The van der Waals surface area contributed by atoms with Crippen molar-refractivity contribution in [2.24, 2.45) is 50.5 Å². The van der Waals surface area contributed by atoms with Gasteiger partial charge in [0, 0.05) is 11.0 Å². The van der Waals surface area contributed by atoms with Crippen LogP contribution < -0.4 is 0 Å². The molecule has 0 unspecified atom stereocenters. The number of oxime groups is 1. The van der Waals surface area contributed by atoms with Gasteiger partial charge in [0.25, 0.3) is 0 Å². The molecule has 0 heterocycles. The van der Waals surface area contributed by atoms with Gasteiger partial charge in [-0.15, -0.1) is 0 Å². The second-order valence-corrected chi connectivity index (χ2v) is 13.5. The average molecular weight is 470 g/mol. The van der Waals surface area contributed by atoms with Crippen molar-refractivity contribution in [1.29, 1.82) is 0 Å². The van der Waals surface area contributed by atoms with Crippen LogP contribution in [0.2, 0.25) is 0 Å². The standard InChI is InChI=1S/C30H47NO3/c1-19(9-8-10-20(2)26(32)33)21-13-17-30(7)23-11-12-24-27(3,4)25(31-34)15-16-28(24,5)22(23)14-18-29(21,30)6/h10-11,19,21-22,24,34H,8-9,12-18H2,1-7H3,(H,32,33)/b20-10-,31-25+/t19-,21+,22-,24-,28+,29-,30+/m0/s1. The molecule has 0 bridgehead atoms. The molecule has 2 N–H and O–H groups in total. The van der Waals surface area contributed by atoms with E-state index in [1.165, 1.54) is 25.7 Å². The van der Waals surface area contributed by atoms with Gasteiger partial charge in [-0.1, -0.05) is 64.4 Å². The van der Waals surface area contributed by atoms with Crippen molar-refractivity contribution in [2.45, 2.75) is 106 Å². The van der Waals surface area contributed by atoms with Crippen LogP contribution in [0.15, 0.2) is 28.5 Å². The fourth-order valence-electron chi connectivity index (χ4n) is 9.51. The Kier molecular flexibility index (Phi) is 6.39. The third kappa shape index (κ3) is 3.53. The largest absolute Gasteiger partial charge is 0.478 e. The van der Waals surface area contributed by atoms with Crippen LogP contribution in [-0.2, 0) is 4.79 Å². The molecule has 3 saturated carbocycles. The second-order valence-electron chi connectivity index (χ2n) is 13.5. The summed E-state index contributed by atoms with van der Waals surface area (Å²) in [5, 5.41) is 22.6. The Bertz CT molecular complexity index is 929. The Morgan fingerprint density at radius 1 is 1.18 bits per heavy atom. The molecule has 0 aromatic heterocycles. The van der Waals surface area contributed by atoms with Gasteiger partial charge in [-0.2, -0.15) is 0 Å². The molecule has 4 rings (SSSR count). The summed E-state index contributed by atoms with van der Waals surface area (Å²) in [7, 11) is 0. The molecule has 3 fully saturated rings. The van der Waals surface area contributed by atoms with Gasteiger partial charge in [-0.3, -0.25) is 0 Å². The quantitative estimate of drug-likeness (QED) is 0.186. The van der Waals surface area contributed by atoms with Gasteiger partial charge in [0.2, 0.25) is 0 Å². The van der Waals surface area contributed by atoms with E-state index in [0.29, 0.717) is 34.7 Å². The predicted octanol–water partition coefficient (Wildman–Crippen LogP) is 7.87. The molecule has 0 aliphatic heterocycles. The highest BCUT2D eigenvalue weighted by Crippen LogP contribution is 2.73. The minimum Gasteiger partial charge on any atom is -0.478 e. The molecule has 34 heavy (non-hydrogen) atoms. The van der Waals surface area contributed by atoms with Crippen molar-refractivity contribution in [3.8, 4) is 0 Å². The zero-order valence-electron chi connectivity index (χ0n) is 22.6. The molecule has 4 aliphatic rings. The Morgan fingerprint density at radius 2 is 1.88 bits per heavy atom. The molecule has 0 saturated heterocycles. The van der Waals surface area contributed by atoms with Gasteiger partial charge in [0.1, 0.15) is 0 Å². The summed E-state index contributed by atoms with van der Waals surface area (Å²) in [6.45, 7) is 16.4. The second kappa shape index (κ2) is 8.52. The number of allylic oxidation sites excluding steroid dienone is 3. The summed E-state index contributed by atoms with van der Waals surface area (Å²) < 4.78 is 0. The van der Waals surface area contributed by atoms with Crippen LogP contribution in [0.3, 0.4) is 0 Å². The van der Waals surface area contributed by atoms with E-state index in [1.54, 1.807) is 12.5 Å². The number of hydrogen-bond donors (Lipinski definition) is 2. The van der Waals surface area contributed by atoms with Crippen molar-refractivity contribution in [2.75, 3.05) is 0 Å². The molecule has 190 valence electrons. The van der Waals surface area contributed by atoms with Crippen LogP contribution in [0.5, 0.6) is 0 Å². The van der Waals surface area contributed by atoms with Crippen LogP contribution in [-0.4, -0.2) is 22.0 Å². The molecular formula is C30H47NO3. The first-order valence-electron chi connectivity index (χ1n) is 13.6. The summed E-state index contributed by atoms with van der Waals surface area (Å²) in [6, 6.07) is 0. The molecular weight excluding hydrogens is 422 g/mol.